The van der Waals surface area contributed by atoms with Gasteiger partial charge in [-0.3, -0.25) is 0 Å². The number of para-hydroxylation sites is 1. The number of rotatable bonds is 5. The minimum atomic E-state index is 0.648. The summed E-state index contributed by atoms with van der Waals surface area (Å²) in [6.07, 6.45) is 0. The maximum atomic E-state index is 4.91. The summed E-state index contributed by atoms with van der Waals surface area (Å²) >= 11 is 0. The average Bonchev–Trinajstić information content (AvgIpc) is 3.50. The molecule has 2 heterocycles. The van der Waals surface area contributed by atoms with E-state index in [1.54, 1.807) is 0 Å². The quantitative estimate of drug-likeness (QED) is 0.197. The van der Waals surface area contributed by atoms with E-state index >= 15 is 0 Å². The number of hydrogen-bond donors (Lipinski definition) is 0. The van der Waals surface area contributed by atoms with Gasteiger partial charge in [-0.2, -0.15) is 0 Å². The largest absolute Gasteiger partial charge is 0.309 e. The molecule has 9 rings (SSSR count). The Kier molecular flexibility index (Phi) is 6.43. The molecule has 0 fully saturated rings. The first-order valence-electron chi connectivity index (χ1n) is 15.8. The second-order valence-corrected chi connectivity index (χ2v) is 11.7. The minimum absolute atomic E-state index is 0.648. The minimum Gasteiger partial charge on any atom is -0.309 e. The predicted molar refractivity (Wildman–Crippen MR) is 193 cm³/mol. The van der Waals surface area contributed by atoms with E-state index in [9.17, 15) is 0 Å². The van der Waals surface area contributed by atoms with Crippen molar-refractivity contribution in [2.75, 3.05) is 0 Å². The molecule has 4 nitrogen and oxygen atoms in total. The van der Waals surface area contributed by atoms with E-state index in [4.69, 9.17) is 15.0 Å². The van der Waals surface area contributed by atoms with Crippen LogP contribution >= 0.6 is 0 Å². The van der Waals surface area contributed by atoms with Crippen LogP contribution in [0.4, 0.5) is 0 Å². The summed E-state index contributed by atoms with van der Waals surface area (Å²) in [5.74, 6) is 1.96. The lowest BCUT2D eigenvalue weighted by molar-refractivity contribution is 1.07. The molecule has 0 N–H and O–H groups in total. The Morgan fingerprint density at radius 3 is 1.55 bits per heavy atom. The second kappa shape index (κ2) is 11.2. The Bertz CT molecular complexity index is 2490. The lowest BCUT2D eigenvalue weighted by Crippen LogP contribution is -2.00. The summed E-state index contributed by atoms with van der Waals surface area (Å²) in [6, 6.07) is 59.3. The fraction of sp³-hybridized carbons (Fsp3) is 0. The standard InChI is InChI=1S/C43H28N4/c1-3-13-31(14-4-1)41-44-42(32-15-5-2-6-16-32)46-43(45-41)33-24-22-29(23-25-33)34-17-11-18-35(28-34)47-39-21-10-9-20-37(39)38-27-26-30-12-7-8-19-36(30)40(38)47/h1-28H. The second-order valence-electron chi connectivity index (χ2n) is 11.7. The number of benzene rings is 7. The van der Waals surface area contributed by atoms with Gasteiger partial charge >= 0.3 is 0 Å². The van der Waals surface area contributed by atoms with Crippen molar-refractivity contribution in [3.05, 3.63) is 170 Å². The van der Waals surface area contributed by atoms with Crippen LogP contribution in [0.3, 0.4) is 0 Å². The van der Waals surface area contributed by atoms with Gasteiger partial charge in [0.2, 0.25) is 0 Å². The molecule has 4 heteroatoms. The Morgan fingerprint density at radius 1 is 0.340 bits per heavy atom. The lowest BCUT2D eigenvalue weighted by atomic mass is 10.0. The van der Waals surface area contributed by atoms with Crippen molar-refractivity contribution in [2.45, 2.75) is 0 Å². The fourth-order valence-electron chi connectivity index (χ4n) is 6.57. The summed E-state index contributed by atoms with van der Waals surface area (Å²) in [4.78, 5) is 14.6. The van der Waals surface area contributed by atoms with Crippen LogP contribution < -0.4 is 0 Å². The van der Waals surface area contributed by atoms with Crippen molar-refractivity contribution < 1.29 is 0 Å². The zero-order valence-corrected chi connectivity index (χ0v) is 25.5. The van der Waals surface area contributed by atoms with Crippen LogP contribution in [0, 0.1) is 0 Å². The highest BCUT2D eigenvalue weighted by atomic mass is 15.0. The molecule has 0 radical (unpaired) electrons. The first-order valence-corrected chi connectivity index (χ1v) is 15.8. The van der Waals surface area contributed by atoms with Gasteiger partial charge in [0.25, 0.3) is 0 Å². The normalized spacial score (nSPS) is 11.4. The Morgan fingerprint density at radius 2 is 0.872 bits per heavy atom. The third kappa shape index (κ3) is 4.75. The first-order chi connectivity index (χ1) is 23.3. The molecule has 0 aliphatic heterocycles. The molecule has 0 spiro atoms. The van der Waals surface area contributed by atoms with Gasteiger partial charge in [-0.05, 0) is 34.7 Å². The summed E-state index contributed by atoms with van der Waals surface area (Å²) in [6.45, 7) is 0. The molecular formula is C43H28N4. The number of aromatic nitrogens is 4. The van der Waals surface area contributed by atoms with Crippen LogP contribution in [0.5, 0.6) is 0 Å². The van der Waals surface area contributed by atoms with Gasteiger partial charge in [0.1, 0.15) is 0 Å². The van der Waals surface area contributed by atoms with E-state index in [-0.39, 0.29) is 0 Å². The third-order valence-corrected chi connectivity index (χ3v) is 8.84. The zero-order valence-electron chi connectivity index (χ0n) is 25.5. The molecular weight excluding hydrogens is 573 g/mol. The maximum Gasteiger partial charge on any atom is 0.164 e. The van der Waals surface area contributed by atoms with Crippen molar-refractivity contribution in [1.29, 1.82) is 0 Å². The molecule has 220 valence electrons. The molecule has 9 aromatic rings. The zero-order chi connectivity index (χ0) is 31.2. The van der Waals surface area contributed by atoms with E-state index < -0.39 is 0 Å². The molecule has 0 bridgehead atoms. The van der Waals surface area contributed by atoms with Gasteiger partial charge < -0.3 is 4.57 Å². The van der Waals surface area contributed by atoms with Crippen molar-refractivity contribution in [1.82, 2.24) is 19.5 Å². The maximum absolute atomic E-state index is 4.91. The molecule has 0 saturated heterocycles. The number of nitrogens with zero attached hydrogens (tertiary/aromatic N) is 4. The Balaban J connectivity index is 1.14. The van der Waals surface area contributed by atoms with E-state index in [1.165, 1.54) is 32.6 Å². The van der Waals surface area contributed by atoms with Crippen LogP contribution in [0.25, 0.3) is 83.6 Å². The monoisotopic (exact) mass is 600 g/mol. The van der Waals surface area contributed by atoms with Gasteiger partial charge in [0.05, 0.1) is 11.0 Å². The summed E-state index contributed by atoms with van der Waals surface area (Å²) in [5, 5.41) is 5.00. The molecule has 0 aliphatic rings. The van der Waals surface area contributed by atoms with Gasteiger partial charge in [-0.25, -0.2) is 15.0 Å². The van der Waals surface area contributed by atoms with E-state index in [1.807, 2.05) is 60.7 Å². The fourth-order valence-corrected chi connectivity index (χ4v) is 6.57. The molecule has 0 aliphatic carbocycles. The number of fused-ring (bicyclic) bond motifs is 5. The van der Waals surface area contributed by atoms with E-state index in [0.29, 0.717) is 17.5 Å². The highest BCUT2D eigenvalue weighted by Gasteiger charge is 2.16. The Hall–Kier alpha value is -6.39. The SMILES string of the molecule is c1ccc(-c2nc(-c3ccccc3)nc(-c3ccc(-c4cccc(-n5c6ccccc6c6ccc7ccccc7c65)c4)cc3)n2)cc1. The van der Waals surface area contributed by atoms with E-state index in [2.05, 4.69) is 114 Å². The molecule has 0 atom stereocenters. The lowest BCUT2D eigenvalue weighted by Gasteiger charge is -2.12. The predicted octanol–water partition coefficient (Wildman–Crippen LogP) is 10.8. The highest BCUT2D eigenvalue weighted by Crippen LogP contribution is 2.37. The van der Waals surface area contributed by atoms with Crippen molar-refractivity contribution in [2.24, 2.45) is 0 Å². The van der Waals surface area contributed by atoms with Gasteiger partial charge in [-0.15, -0.1) is 0 Å². The molecule has 47 heavy (non-hydrogen) atoms. The van der Waals surface area contributed by atoms with Gasteiger partial charge in [0.15, 0.2) is 17.5 Å². The summed E-state index contributed by atoms with van der Waals surface area (Å²) in [5.41, 5.74) is 8.69. The van der Waals surface area contributed by atoms with Crippen molar-refractivity contribution in [3.8, 4) is 51.0 Å². The van der Waals surface area contributed by atoms with E-state index in [0.717, 1.165) is 33.5 Å². The molecule has 0 unspecified atom stereocenters. The van der Waals surface area contributed by atoms with Crippen molar-refractivity contribution in [3.63, 3.8) is 0 Å². The van der Waals surface area contributed by atoms with Crippen LogP contribution in [0.15, 0.2) is 170 Å². The van der Waals surface area contributed by atoms with Crippen LogP contribution in [0.1, 0.15) is 0 Å². The molecule has 2 aromatic heterocycles. The highest BCUT2D eigenvalue weighted by molar-refractivity contribution is 6.18. The Labute approximate surface area is 272 Å². The molecule has 7 aromatic carbocycles. The number of hydrogen-bond acceptors (Lipinski definition) is 3. The van der Waals surface area contributed by atoms with Crippen LogP contribution in [-0.4, -0.2) is 19.5 Å². The topological polar surface area (TPSA) is 43.6 Å². The average molecular weight is 601 g/mol. The van der Waals surface area contributed by atoms with Gasteiger partial charge in [-0.1, -0.05) is 152 Å². The first kappa shape index (κ1) is 27.0. The summed E-state index contributed by atoms with van der Waals surface area (Å²) in [7, 11) is 0. The third-order valence-electron chi connectivity index (χ3n) is 8.84. The van der Waals surface area contributed by atoms with Gasteiger partial charge in [0, 0.05) is 38.5 Å². The van der Waals surface area contributed by atoms with Crippen molar-refractivity contribution >= 4 is 32.6 Å². The van der Waals surface area contributed by atoms with Crippen LogP contribution in [-0.2, 0) is 0 Å². The molecule has 0 amide bonds. The summed E-state index contributed by atoms with van der Waals surface area (Å²) < 4.78 is 2.41. The van der Waals surface area contributed by atoms with Crippen LogP contribution in [0.2, 0.25) is 0 Å². The smallest absolute Gasteiger partial charge is 0.164 e. The molecule has 0 saturated carbocycles.